The van der Waals surface area contributed by atoms with Crippen LogP contribution in [-0.4, -0.2) is 49.6 Å². The maximum atomic E-state index is 10.5. The summed E-state index contributed by atoms with van der Waals surface area (Å²) in [6, 6.07) is 20.0. The first-order chi connectivity index (χ1) is 15.7. The smallest absolute Gasteiger partial charge is 0.231 e. The monoisotopic (exact) mass is 432 g/mol. The van der Waals surface area contributed by atoms with E-state index in [1.807, 2.05) is 43.3 Å². The summed E-state index contributed by atoms with van der Waals surface area (Å²) in [4.78, 5) is 4.77. The quantitative estimate of drug-likeness (QED) is 0.619. The van der Waals surface area contributed by atoms with Gasteiger partial charge in [-0.2, -0.15) is 0 Å². The molecule has 0 radical (unpaired) electrons. The lowest BCUT2D eigenvalue weighted by atomic mass is 10.0. The molecular formula is C26H28N2O4. The van der Waals surface area contributed by atoms with Crippen LogP contribution in [0.2, 0.25) is 0 Å². The fourth-order valence-electron chi connectivity index (χ4n) is 4.35. The molecular weight excluding hydrogens is 404 g/mol. The zero-order valence-corrected chi connectivity index (χ0v) is 18.3. The third kappa shape index (κ3) is 4.18. The molecule has 6 nitrogen and oxygen atoms in total. The van der Waals surface area contributed by atoms with Gasteiger partial charge in [-0.25, -0.2) is 0 Å². The lowest BCUT2D eigenvalue weighted by Gasteiger charge is -2.36. The van der Waals surface area contributed by atoms with Crippen LogP contribution in [0.25, 0.3) is 11.1 Å². The summed E-state index contributed by atoms with van der Waals surface area (Å²) in [5, 5.41) is 10.5. The standard InChI is InChI=1S/C26H28N2O4/c1-2-30-24-6-4-3-5-22(24)28-13-11-27(12-14-28)17-21-15-19(7-9-23(21)29)20-8-10-25-26(16-20)32-18-31-25/h3-10,15-16,29H,2,11-14,17-18H2,1H3. The summed E-state index contributed by atoms with van der Waals surface area (Å²) in [5.41, 5.74) is 4.19. The van der Waals surface area contributed by atoms with Crippen molar-refractivity contribution < 1.29 is 19.3 Å². The highest BCUT2D eigenvalue weighted by Crippen LogP contribution is 2.37. The Balaban J connectivity index is 1.27. The van der Waals surface area contributed by atoms with Crippen LogP contribution in [-0.2, 0) is 6.54 Å². The van der Waals surface area contributed by atoms with Gasteiger partial charge in [0.05, 0.1) is 12.3 Å². The molecule has 166 valence electrons. The minimum absolute atomic E-state index is 0.265. The number of ether oxygens (including phenoxy) is 3. The predicted octanol–water partition coefficient (Wildman–Crippen LogP) is 4.51. The number of piperazine rings is 1. The Morgan fingerprint density at radius 3 is 2.47 bits per heavy atom. The average molecular weight is 433 g/mol. The molecule has 5 rings (SSSR count). The molecule has 2 aliphatic rings. The number of para-hydroxylation sites is 2. The molecule has 1 fully saturated rings. The number of nitrogens with zero attached hydrogens (tertiary/aromatic N) is 2. The van der Waals surface area contributed by atoms with E-state index in [4.69, 9.17) is 14.2 Å². The van der Waals surface area contributed by atoms with Gasteiger partial charge in [0.2, 0.25) is 6.79 Å². The zero-order valence-electron chi connectivity index (χ0n) is 18.3. The molecule has 0 aromatic heterocycles. The summed E-state index contributed by atoms with van der Waals surface area (Å²) < 4.78 is 16.7. The Kier molecular flexibility index (Phi) is 5.77. The molecule has 0 atom stereocenters. The molecule has 1 saturated heterocycles. The van der Waals surface area contributed by atoms with E-state index < -0.39 is 0 Å². The van der Waals surface area contributed by atoms with Crippen LogP contribution >= 0.6 is 0 Å². The third-order valence-corrected chi connectivity index (χ3v) is 6.06. The van der Waals surface area contributed by atoms with Crippen molar-refractivity contribution in [3.05, 3.63) is 66.2 Å². The fourth-order valence-corrected chi connectivity index (χ4v) is 4.35. The minimum atomic E-state index is 0.265. The number of aromatic hydroxyl groups is 1. The number of anilines is 1. The van der Waals surface area contributed by atoms with Crippen molar-refractivity contribution in [3.8, 4) is 34.1 Å². The lowest BCUT2D eigenvalue weighted by molar-refractivity contribution is 0.174. The number of phenolic OH excluding ortho intramolecular Hbond substituents is 1. The van der Waals surface area contributed by atoms with Crippen LogP contribution in [0.15, 0.2) is 60.7 Å². The Morgan fingerprint density at radius 1 is 0.875 bits per heavy atom. The van der Waals surface area contributed by atoms with Crippen molar-refractivity contribution in [3.63, 3.8) is 0 Å². The number of phenols is 1. The molecule has 2 heterocycles. The van der Waals surface area contributed by atoms with Crippen molar-refractivity contribution >= 4 is 5.69 Å². The molecule has 0 saturated carbocycles. The molecule has 2 aliphatic heterocycles. The maximum Gasteiger partial charge on any atom is 0.231 e. The fraction of sp³-hybridized carbons (Fsp3) is 0.308. The van der Waals surface area contributed by atoms with Crippen molar-refractivity contribution in [1.29, 1.82) is 0 Å². The molecule has 0 amide bonds. The van der Waals surface area contributed by atoms with E-state index in [1.165, 1.54) is 0 Å². The predicted molar refractivity (Wildman–Crippen MR) is 125 cm³/mol. The molecule has 0 spiro atoms. The summed E-state index contributed by atoms with van der Waals surface area (Å²) >= 11 is 0. The second kappa shape index (κ2) is 9.01. The van der Waals surface area contributed by atoms with Gasteiger partial charge in [-0.05, 0) is 54.4 Å². The molecule has 0 bridgehead atoms. The number of fused-ring (bicyclic) bond motifs is 1. The Bertz CT molecular complexity index is 1090. The maximum absolute atomic E-state index is 10.5. The van der Waals surface area contributed by atoms with Crippen molar-refractivity contribution in [1.82, 2.24) is 4.90 Å². The summed E-state index contributed by atoms with van der Waals surface area (Å²) in [5.74, 6) is 2.81. The normalized spacial score (nSPS) is 15.7. The molecule has 1 N–H and O–H groups in total. The highest BCUT2D eigenvalue weighted by molar-refractivity contribution is 5.69. The van der Waals surface area contributed by atoms with Crippen molar-refractivity contribution in [2.24, 2.45) is 0 Å². The van der Waals surface area contributed by atoms with Crippen LogP contribution < -0.4 is 19.1 Å². The van der Waals surface area contributed by atoms with E-state index in [2.05, 4.69) is 28.0 Å². The van der Waals surface area contributed by atoms with Gasteiger partial charge in [0.15, 0.2) is 11.5 Å². The molecule has 3 aromatic carbocycles. The first kappa shape index (κ1) is 20.5. The highest BCUT2D eigenvalue weighted by atomic mass is 16.7. The molecule has 32 heavy (non-hydrogen) atoms. The number of hydrogen-bond acceptors (Lipinski definition) is 6. The molecule has 6 heteroatoms. The number of benzene rings is 3. The van der Waals surface area contributed by atoms with E-state index in [0.717, 1.165) is 65.8 Å². The second-order valence-corrected chi connectivity index (χ2v) is 8.08. The van der Waals surface area contributed by atoms with Gasteiger partial charge < -0.3 is 24.2 Å². The Morgan fingerprint density at radius 2 is 1.62 bits per heavy atom. The van der Waals surface area contributed by atoms with Crippen LogP contribution in [0.3, 0.4) is 0 Å². The number of rotatable bonds is 6. The first-order valence-corrected chi connectivity index (χ1v) is 11.1. The minimum Gasteiger partial charge on any atom is -0.508 e. The van der Waals surface area contributed by atoms with Crippen LogP contribution in [0.4, 0.5) is 5.69 Å². The molecule has 3 aromatic rings. The summed E-state index contributed by atoms with van der Waals surface area (Å²) in [6.45, 7) is 7.35. The van der Waals surface area contributed by atoms with Crippen LogP contribution in [0.1, 0.15) is 12.5 Å². The molecule has 0 aliphatic carbocycles. The second-order valence-electron chi connectivity index (χ2n) is 8.08. The van der Waals surface area contributed by atoms with E-state index >= 15 is 0 Å². The van der Waals surface area contributed by atoms with Crippen molar-refractivity contribution in [2.45, 2.75) is 13.5 Å². The zero-order chi connectivity index (χ0) is 21.9. The first-order valence-electron chi connectivity index (χ1n) is 11.1. The van der Waals surface area contributed by atoms with E-state index in [-0.39, 0.29) is 6.79 Å². The number of hydrogen-bond donors (Lipinski definition) is 1. The van der Waals surface area contributed by atoms with Gasteiger partial charge in [0.1, 0.15) is 11.5 Å². The highest BCUT2D eigenvalue weighted by Gasteiger charge is 2.21. The van der Waals surface area contributed by atoms with Gasteiger partial charge in [-0.1, -0.05) is 24.3 Å². The van der Waals surface area contributed by atoms with Crippen molar-refractivity contribution in [2.75, 3.05) is 44.5 Å². The van der Waals surface area contributed by atoms with E-state index in [9.17, 15) is 5.11 Å². The van der Waals surface area contributed by atoms with E-state index in [1.54, 1.807) is 6.07 Å². The summed E-state index contributed by atoms with van der Waals surface area (Å²) in [6.07, 6.45) is 0. The lowest BCUT2D eigenvalue weighted by Crippen LogP contribution is -2.46. The van der Waals surface area contributed by atoms with Gasteiger partial charge in [0.25, 0.3) is 0 Å². The Hall–Kier alpha value is -3.38. The average Bonchev–Trinajstić information content (AvgIpc) is 3.30. The molecule has 0 unspecified atom stereocenters. The van der Waals surface area contributed by atoms with Crippen LogP contribution in [0.5, 0.6) is 23.0 Å². The topological polar surface area (TPSA) is 54.4 Å². The summed E-state index contributed by atoms with van der Waals surface area (Å²) in [7, 11) is 0. The van der Waals surface area contributed by atoms with Crippen LogP contribution in [0, 0.1) is 0 Å². The van der Waals surface area contributed by atoms with Gasteiger partial charge in [0, 0.05) is 38.3 Å². The largest absolute Gasteiger partial charge is 0.508 e. The van der Waals surface area contributed by atoms with E-state index in [0.29, 0.717) is 18.9 Å². The Labute approximate surface area is 188 Å². The van der Waals surface area contributed by atoms with Gasteiger partial charge in [-0.15, -0.1) is 0 Å². The van der Waals surface area contributed by atoms with Gasteiger partial charge in [-0.3, -0.25) is 4.90 Å². The SMILES string of the molecule is CCOc1ccccc1N1CCN(Cc2cc(-c3ccc4c(c3)OCO4)ccc2O)CC1. The third-order valence-electron chi connectivity index (χ3n) is 6.06. The van der Waals surface area contributed by atoms with Gasteiger partial charge >= 0.3 is 0 Å².